The maximum atomic E-state index is 15.5. The van der Waals surface area contributed by atoms with Crippen LogP contribution in [0.25, 0.3) is 22.3 Å². The molecule has 0 spiro atoms. The minimum absolute atomic E-state index is 0.0443. The number of amides is 1. The number of aliphatic imine (C=N–C) groups is 1. The van der Waals surface area contributed by atoms with E-state index in [4.69, 9.17) is 40.5 Å². The Kier molecular flexibility index (Phi) is 8.95. The third-order valence-electron chi connectivity index (χ3n) is 8.12. The molecule has 5 rings (SSSR count). The van der Waals surface area contributed by atoms with E-state index in [0.29, 0.717) is 24.2 Å². The van der Waals surface area contributed by atoms with Crippen LogP contribution in [0.2, 0.25) is 15.1 Å². The van der Waals surface area contributed by atoms with Crippen molar-refractivity contribution in [2.24, 2.45) is 16.8 Å². The van der Waals surface area contributed by atoms with Crippen molar-refractivity contribution in [2.45, 2.75) is 26.8 Å². The molecule has 0 bridgehead atoms. The van der Waals surface area contributed by atoms with Gasteiger partial charge in [-0.15, -0.1) is 0 Å². The first-order valence-electron chi connectivity index (χ1n) is 14.0. The van der Waals surface area contributed by atoms with Gasteiger partial charge in [-0.05, 0) is 18.1 Å². The highest BCUT2D eigenvalue weighted by Gasteiger charge is 2.35. The number of carbonyl (C=O) groups excluding carboxylic acids is 1. The molecule has 2 aliphatic rings. The Morgan fingerprint density at radius 1 is 1.18 bits per heavy atom. The normalized spacial score (nSPS) is 18.4. The number of benzene rings is 1. The van der Waals surface area contributed by atoms with Gasteiger partial charge >= 0.3 is 0 Å². The lowest BCUT2D eigenvalue weighted by Gasteiger charge is -2.37. The SMILES string of the molecule is C=CC(=O)N1CCN(c2c(C#N)c(=O)n(C3C(C(C)C)=NC=C[C@H]3C)c3nc(-c4c(F)c(F)c(Cl)c(N)c4Cl)c(Cl)cc23)CC1. The Balaban J connectivity index is 1.88. The number of rotatable bonds is 5. The molecule has 1 fully saturated rings. The number of halogens is 5. The number of nitrogens with two attached hydrogens (primary N) is 1. The Morgan fingerprint density at radius 2 is 1.84 bits per heavy atom. The van der Waals surface area contributed by atoms with Crippen LogP contribution in [0.1, 0.15) is 32.4 Å². The number of nitrogen functional groups attached to an aromatic ring is 1. The molecule has 0 radical (unpaired) electrons. The molecular formula is C31H28Cl3F2N7O2. The number of carbonyl (C=O) groups is 1. The fourth-order valence-corrected chi connectivity index (χ4v) is 6.60. The molecule has 234 valence electrons. The van der Waals surface area contributed by atoms with Crippen molar-refractivity contribution in [3.05, 3.63) is 73.6 Å². The van der Waals surface area contributed by atoms with Gasteiger partial charge in [0.15, 0.2) is 11.6 Å². The quantitative estimate of drug-likeness (QED) is 0.145. The highest BCUT2D eigenvalue weighted by Crippen LogP contribution is 2.44. The van der Waals surface area contributed by atoms with Crippen LogP contribution < -0.4 is 16.2 Å². The molecule has 1 aromatic carbocycles. The first kappa shape index (κ1) is 32.4. The topological polar surface area (TPSA) is 121 Å². The summed E-state index contributed by atoms with van der Waals surface area (Å²) in [6, 6.07) is 2.85. The Labute approximate surface area is 272 Å². The number of anilines is 2. The zero-order chi connectivity index (χ0) is 32.9. The maximum Gasteiger partial charge on any atom is 0.272 e. The lowest BCUT2D eigenvalue weighted by atomic mass is 9.88. The van der Waals surface area contributed by atoms with Gasteiger partial charge in [0.05, 0.1) is 38.7 Å². The van der Waals surface area contributed by atoms with Gasteiger partial charge in [-0.3, -0.25) is 19.1 Å². The van der Waals surface area contributed by atoms with Crippen LogP contribution in [0.15, 0.2) is 40.8 Å². The van der Waals surface area contributed by atoms with Gasteiger partial charge in [0.2, 0.25) is 5.91 Å². The molecule has 4 heterocycles. The maximum absolute atomic E-state index is 15.5. The fourth-order valence-electron chi connectivity index (χ4n) is 5.87. The number of allylic oxidation sites excluding steroid dienone is 1. The molecule has 0 saturated carbocycles. The van der Waals surface area contributed by atoms with Gasteiger partial charge in [-0.1, -0.05) is 68.2 Å². The second-order valence-corrected chi connectivity index (χ2v) is 12.3. The van der Waals surface area contributed by atoms with Crippen molar-refractivity contribution in [1.82, 2.24) is 14.5 Å². The number of fused-ring (bicyclic) bond motifs is 1. The minimum atomic E-state index is -1.43. The standard InChI is InChI=1S/C31H28Cl3F2N7O2/c1-5-19(44)41-8-10-42(11-9-41)29-16-12-18(32)27(20-21(33)25(38)22(34)24(36)23(20)35)40-30(16)43(31(45)17(29)13-37)28-15(4)6-7-39-26(28)14(2)3/h5-7,12,14-15,28H,1,8-11,38H2,2-4H3/t15-,28?/m1/s1. The summed E-state index contributed by atoms with van der Waals surface area (Å²) in [7, 11) is 0. The molecule has 3 aromatic rings. The summed E-state index contributed by atoms with van der Waals surface area (Å²) >= 11 is 19.0. The molecule has 1 unspecified atom stereocenters. The Bertz CT molecular complexity index is 1900. The monoisotopic (exact) mass is 673 g/mol. The van der Waals surface area contributed by atoms with Crippen LogP contribution in [-0.4, -0.2) is 52.2 Å². The highest BCUT2D eigenvalue weighted by molar-refractivity contribution is 6.41. The summed E-state index contributed by atoms with van der Waals surface area (Å²) < 4.78 is 31.7. The van der Waals surface area contributed by atoms with E-state index < -0.39 is 44.5 Å². The lowest BCUT2D eigenvalue weighted by Crippen LogP contribution is -2.49. The van der Waals surface area contributed by atoms with E-state index in [-0.39, 0.29) is 58.4 Å². The Morgan fingerprint density at radius 3 is 2.44 bits per heavy atom. The highest BCUT2D eigenvalue weighted by atomic mass is 35.5. The summed E-state index contributed by atoms with van der Waals surface area (Å²) in [5.41, 5.74) is 4.83. The van der Waals surface area contributed by atoms with Crippen molar-refractivity contribution in [3.63, 3.8) is 0 Å². The first-order chi connectivity index (χ1) is 21.3. The molecular weight excluding hydrogens is 647 g/mol. The number of nitriles is 1. The van der Waals surface area contributed by atoms with Gasteiger partial charge in [-0.25, -0.2) is 13.8 Å². The van der Waals surface area contributed by atoms with E-state index in [1.807, 2.05) is 31.7 Å². The van der Waals surface area contributed by atoms with E-state index in [0.717, 1.165) is 0 Å². The number of piperazine rings is 1. The molecule has 2 aromatic heterocycles. The van der Waals surface area contributed by atoms with Crippen molar-refractivity contribution >= 4 is 68.8 Å². The lowest BCUT2D eigenvalue weighted by molar-refractivity contribution is -0.126. The molecule has 14 heteroatoms. The molecule has 2 N–H and O–H groups in total. The number of nitrogens with zero attached hydrogens (tertiary/aromatic N) is 6. The van der Waals surface area contributed by atoms with Crippen LogP contribution in [0.4, 0.5) is 20.2 Å². The molecule has 2 atom stereocenters. The third kappa shape index (κ3) is 5.35. The summed E-state index contributed by atoms with van der Waals surface area (Å²) in [5, 5.41) is 9.47. The van der Waals surface area contributed by atoms with Crippen molar-refractivity contribution in [1.29, 1.82) is 5.26 Å². The van der Waals surface area contributed by atoms with Gasteiger partial charge < -0.3 is 15.5 Å². The average molecular weight is 675 g/mol. The third-order valence-corrected chi connectivity index (χ3v) is 9.17. The number of hydrogen-bond acceptors (Lipinski definition) is 7. The van der Waals surface area contributed by atoms with E-state index >= 15 is 4.39 Å². The Hall–Kier alpha value is -3.98. The van der Waals surface area contributed by atoms with E-state index in [1.165, 1.54) is 16.7 Å². The fraction of sp³-hybridized carbons (Fsp3) is 0.323. The summed E-state index contributed by atoms with van der Waals surface area (Å²) in [5.74, 6) is -3.46. The summed E-state index contributed by atoms with van der Waals surface area (Å²) in [6.45, 7) is 10.5. The van der Waals surface area contributed by atoms with Gasteiger partial charge in [0.25, 0.3) is 5.56 Å². The van der Waals surface area contributed by atoms with Gasteiger partial charge in [0.1, 0.15) is 22.3 Å². The second kappa shape index (κ2) is 12.4. The molecule has 45 heavy (non-hydrogen) atoms. The number of hydrogen-bond donors (Lipinski definition) is 1. The van der Waals surface area contributed by atoms with Crippen molar-refractivity contribution in [2.75, 3.05) is 36.8 Å². The second-order valence-electron chi connectivity index (χ2n) is 11.1. The van der Waals surface area contributed by atoms with Crippen LogP contribution in [0.5, 0.6) is 0 Å². The van der Waals surface area contributed by atoms with Crippen molar-refractivity contribution < 1.29 is 13.6 Å². The smallest absolute Gasteiger partial charge is 0.272 e. The van der Waals surface area contributed by atoms with Crippen LogP contribution in [0.3, 0.4) is 0 Å². The van der Waals surface area contributed by atoms with Crippen LogP contribution in [-0.2, 0) is 4.79 Å². The zero-order valence-electron chi connectivity index (χ0n) is 24.5. The molecule has 9 nitrogen and oxygen atoms in total. The predicted octanol–water partition coefficient (Wildman–Crippen LogP) is 6.39. The largest absolute Gasteiger partial charge is 0.396 e. The zero-order valence-corrected chi connectivity index (χ0v) is 26.8. The van der Waals surface area contributed by atoms with Crippen molar-refractivity contribution in [3.8, 4) is 17.3 Å². The molecule has 1 amide bonds. The van der Waals surface area contributed by atoms with E-state index in [9.17, 15) is 19.2 Å². The average Bonchev–Trinajstić information content (AvgIpc) is 3.02. The predicted molar refractivity (Wildman–Crippen MR) is 174 cm³/mol. The number of pyridine rings is 2. The molecule has 0 aliphatic carbocycles. The number of aromatic nitrogens is 2. The van der Waals surface area contributed by atoms with E-state index in [2.05, 4.69) is 22.6 Å². The summed E-state index contributed by atoms with van der Waals surface area (Å²) in [6.07, 6.45) is 4.72. The van der Waals surface area contributed by atoms with E-state index in [1.54, 1.807) is 11.1 Å². The van der Waals surface area contributed by atoms with Crippen LogP contribution in [0, 0.1) is 34.8 Å². The van der Waals surface area contributed by atoms with Gasteiger partial charge in [-0.2, -0.15) is 5.26 Å². The summed E-state index contributed by atoms with van der Waals surface area (Å²) in [4.78, 5) is 39.3. The molecule has 1 saturated heterocycles. The van der Waals surface area contributed by atoms with Gasteiger partial charge in [0, 0.05) is 49.4 Å². The first-order valence-corrected chi connectivity index (χ1v) is 15.2. The van der Waals surface area contributed by atoms with Crippen LogP contribution >= 0.6 is 34.8 Å². The minimum Gasteiger partial charge on any atom is -0.396 e. The molecule has 2 aliphatic heterocycles.